The molecule has 1 amide bonds. The van der Waals surface area contributed by atoms with Crippen LogP contribution < -0.4 is 5.32 Å². The van der Waals surface area contributed by atoms with Gasteiger partial charge in [0.2, 0.25) is 0 Å². The maximum absolute atomic E-state index is 12.6. The number of nitrogens with zero attached hydrogens (tertiary/aromatic N) is 3. The van der Waals surface area contributed by atoms with Crippen LogP contribution in [0.4, 0.5) is 5.82 Å². The molecule has 0 aliphatic carbocycles. The van der Waals surface area contributed by atoms with Crippen molar-refractivity contribution in [1.29, 1.82) is 0 Å². The van der Waals surface area contributed by atoms with Crippen molar-refractivity contribution in [3.8, 4) is 0 Å². The molecule has 1 fully saturated rings. The molecule has 0 spiro atoms. The summed E-state index contributed by atoms with van der Waals surface area (Å²) in [6, 6.07) is 9.49. The Kier molecular flexibility index (Phi) is 4.11. The minimum atomic E-state index is -0.189. The molecule has 6 nitrogen and oxygen atoms in total. The number of ether oxygens (including phenoxy) is 1. The van der Waals surface area contributed by atoms with E-state index in [0.29, 0.717) is 25.4 Å². The summed E-state index contributed by atoms with van der Waals surface area (Å²) in [4.78, 5) is 18.9. The van der Waals surface area contributed by atoms with E-state index in [1.54, 1.807) is 0 Å². The van der Waals surface area contributed by atoms with E-state index in [2.05, 4.69) is 10.3 Å². The van der Waals surface area contributed by atoms with Crippen LogP contribution in [0.15, 0.2) is 36.5 Å². The van der Waals surface area contributed by atoms with E-state index in [1.807, 2.05) is 60.1 Å². The van der Waals surface area contributed by atoms with Gasteiger partial charge in [-0.3, -0.25) is 4.79 Å². The van der Waals surface area contributed by atoms with Crippen LogP contribution in [0, 0.1) is 0 Å². The molecule has 22 heavy (non-hydrogen) atoms. The van der Waals surface area contributed by atoms with Crippen molar-refractivity contribution in [3.63, 3.8) is 0 Å². The van der Waals surface area contributed by atoms with E-state index in [4.69, 9.17) is 4.74 Å². The van der Waals surface area contributed by atoms with Gasteiger partial charge in [-0.25, -0.2) is 4.98 Å². The zero-order valence-electron chi connectivity index (χ0n) is 12.8. The molecule has 1 aliphatic rings. The summed E-state index contributed by atoms with van der Waals surface area (Å²) < 4.78 is 7.64. The molecule has 1 atom stereocenters. The largest absolute Gasteiger partial charge is 0.373 e. The molecule has 116 valence electrons. The molecular weight excluding hydrogens is 280 g/mol. The molecule has 1 aliphatic heterocycles. The monoisotopic (exact) mass is 300 g/mol. The summed E-state index contributed by atoms with van der Waals surface area (Å²) in [6.07, 6.45) is 1.69. The second kappa shape index (κ2) is 6.19. The van der Waals surface area contributed by atoms with Gasteiger partial charge in [0.15, 0.2) is 0 Å². The van der Waals surface area contributed by atoms with E-state index in [9.17, 15) is 4.79 Å². The van der Waals surface area contributed by atoms with Gasteiger partial charge in [-0.05, 0) is 24.3 Å². The molecule has 2 aromatic rings. The van der Waals surface area contributed by atoms with Crippen LogP contribution in [0.2, 0.25) is 0 Å². The maximum Gasteiger partial charge on any atom is 0.270 e. The van der Waals surface area contributed by atoms with Gasteiger partial charge >= 0.3 is 0 Å². The average molecular weight is 300 g/mol. The van der Waals surface area contributed by atoms with E-state index in [1.165, 1.54) is 0 Å². The molecule has 0 aromatic carbocycles. The van der Waals surface area contributed by atoms with Gasteiger partial charge in [-0.1, -0.05) is 6.07 Å². The number of carbonyl (C=O) groups excluding carboxylic acids is 1. The first-order chi connectivity index (χ1) is 10.7. The van der Waals surface area contributed by atoms with Crippen LogP contribution in [-0.2, 0) is 11.8 Å². The molecule has 2 aromatic heterocycles. The molecule has 0 radical (unpaired) electrons. The van der Waals surface area contributed by atoms with E-state index < -0.39 is 0 Å². The van der Waals surface area contributed by atoms with Crippen LogP contribution in [0.3, 0.4) is 0 Å². The highest BCUT2D eigenvalue weighted by Gasteiger charge is 2.27. The maximum atomic E-state index is 12.6. The lowest BCUT2D eigenvalue weighted by Crippen LogP contribution is -2.43. The molecule has 0 saturated carbocycles. The Labute approximate surface area is 129 Å². The van der Waals surface area contributed by atoms with E-state index in [0.717, 1.165) is 11.5 Å². The highest BCUT2D eigenvalue weighted by molar-refractivity contribution is 5.92. The van der Waals surface area contributed by atoms with Gasteiger partial charge < -0.3 is 19.5 Å². The Hall–Kier alpha value is -2.34. The molecule has 1 saturated heterocycles. The molecule has 0 unspecified atom stereocenters. The Morgan fingerprint density at radius 2 is 2.23 bits per heavy atom. The van der Waals surface area contributed by atoms with Gasteiger partial charge in [-0.15, -0.1) is 0 Å². The fourth-order valence-electron chi connectivity index (χ4n) is 2.63. The number of anilines is 1. The van der Waals surface area contributed by atoms with E-state index in [-0.39, 0.29) is 12.0 Å². The van der Waals surface area contributed by atoms with Gasteiger partial charge in [0.1, 0.15) is 17.6 Å². The summed E-state index contributed by atoms with van der Waals surface area (Å²) in [6.45, 7) is 1.64. The van der Waals surface area contributed by atoms with Crippen molar-refractivity contribution < 1.29 is 9.53 Å². The normalized spacial score (nSPS) is 18.3. The molecule has 3 heterocycles. The topological polar surface area (TPSA) is 59.4 Å². The summed E-state index contributed by atoms with van der Waals surface area (Å²) >= 11 is 0. The summed E-state index contributed by atoms with van der Waals surface area (Å²) in [5.41, 5.74) is 1.54. The fraction of sp³-hybridized carbons (Fsp3) is 0.375. The number of aryl methyl sites for hydroxylation is 1. The van der Waals surface area contributed by atoms with E-state index >= 15 is 0 Å². The minimum absolute atomic E-state index is 0.0329. The minimum Gasteiger partial charge on any atom is -0.373 e. The number of hydrogen-bond donors (Lipinski definition) is 1. The van der Waals surface area contributed by atoms with Gasteiger partial charge in [0, 0.05) is 26.8 Å². The average Bonchev–Trinajstić information content (AvgIpc) is 3.00. The second-order valence-electron chi connectivity index (χ2n) is 5.31. The first-order valence-corrected chi connectivity index (χ1v) is 7.36. The van der Waals surface area contributed by atoms with Crippen molar-refractivity contribution in [2.75, 3.05) is 32.1 Å². The predicted molar refractivity (Wildman–Crippen MR) is 83.8 cm³/mol. The second-order valence-corrected chi connectivity index (χ2v) is 5.31. The zero-order chi connectivity index (χ0) is 15.5. The van der Waals surface area contributed by atoms with Crippen LogP contribution in [0.5, 0.6) is 0 Å². The molecule has 1 N–H and O–H groups in total. The van der Waals surface area contributed by atoms with Gasteiger partial charge in [-0.2, -0.15) is 0 Å². The highest BCUT2D eigenvalue weighted by Crippen LogP contribution is 2.23. The van der Waals surface area contributed by atoms with Crippen molar-refractivity contribution >= 4 is 11.7 Å². The third kappa shape index (κ3) is 2.82. The number of aromatic nitrogens is 2. The Bertz CT molecular complexity index is 668. The standard InChI is InChI=1S/C16H20N4O2/c1-17-15-7-3-5-12(18-15)14-11-20(9-10-22-14)16(21)13-6-4-8-19(13)2/h3-8,14H,9-11H2,1-2H3,(H,17,18)/t14-/m0/s1. The number of nitrogens with one attached hydrogen (secondary N) is 1. The SMILES string of the molecule is CNc1cccc([C@@H]2CN(C(=O)c3cccn3C)CCO2)n1. The van der Waals surface area contributed by atoms with Crippen molar-refractivity contribution in [1.82, 2.24) is 14.5 Å². The predicted octanol–water partition coefficient (Wildman–Crippen LogP) is 1.68. The van der Waals surface area contributed by atoms with Crippen molar-refractivity contribution in [3.05, 3.63) is 47.9 Å². The summed E-state index contributed by atoms with van der Waals surface area (Å²) in [5, 5.41) is 3.02. The van der Waals surface area contributed by atoms with Gasteiger partial charge in [0.05, 0.1) is 18.8 Å². The first-order valence-electron chi connectivity index (χ1n) is 7.36. The summed E-state index contributed by atoms with van der Waals surface area (Å²) in [5.74, 6) is 0.831. The van der Waals surface area contributed by atoms with Gasteiger partial charge in [0.25, 0.3) is 5.91 Å². The fourth-order valence-corrected chi connectivity index (χ4v) is 2.63. The Morgan fingerprint density at radius 1 is 1.36 bits per heavy atom. The number of rotatable bonds is 3. The lowest BCUT2D eigenvalue weighted by atomic mass is 10.1. The summed E-state index contributed by atoms with van der Waals surface area (Å²) in [7, 11) is 3.71. The van der Waals surface area contributed by atoms with Crippen LogP contribution >= 0.6 is 0 Å². The Balaban J connectivity index is 1.76. The Morgan fingerprint density at radius 3 is 2.95 bits per heavy atom. The molecule has 0 bridgehead atoms. The number of morpholine rings is 1. The lowest BCUT2D eigenvalue weighted by molar-refractivity contribution is -0.0249. The van der Waals surface area contributed by atoms with Crippen molar-refractivity contribution in [2.24, 2.45) is 7.05 Å². The highest BCUT2D eigenvalue weighted by atomic mass is 16.5. The lowest BCUT2D eigenvalue weighted by Gasteiger charge is -2.32. The van der Waals surface area contributed by atoms with Crippen LogP contribution in [0.25, 0.3) is 0 Å². The number of carbonyl (C=O) groups is 1. The number of pyridine rings is 1. The van der Waals surface area contributed by atoms with Crippen molar-refractivity contribution in [2.45, 2.75) is 6.10 Å². The number of amides is 1. The molecule has 6 heteroatoms. The zero-order valence-corrected chi connectivity index (χ0v) is 12.8. The smallest absolute Gasteiger partial charge is 0.270 e. The van der Waals surface area contributed by atoms with Crippen LogP contribution in [0.1, 0.15) is 22.3 Å². The quantitative estimate of drug-likeness (QED) is 0.937. The third-order valence-electron chi connectivity index (χ3n) is 3.87. The molecular formula is C16H20N4O2. The first kappa shape index (κ1) is 14.6. The molecule has 3 rings (SSSR count). The third-order valence-corrected chi connectivity index (χ3v) is 3.87. The van der Waals surface area contributed by atoms with Crippen LogP contribution in [-0.4, -0.2) is 47.1 Å². The number of hydrogen-bond acceptors (Lipinski definition) is 4.